The van der Waals surface area contributed by atoms with E-state index < -0.39 is 29.5 Å². The normalized spacial score (nSPS) is 17.9. The largest absolute Gasteiger partial charge is 0.451 e. The number of hydroxylamine groups is 1. The number of oxime groups is 1. The van der Waals surface area contributed by atoms with Crippen LogP contribution in [-0.4, -0.2) is 49.5 Å². The molecule has 0 atom stereocenters. The first-order valence-corrected chi connectivity index (χ1v) is 5.15. The van der Waals surface area contributed by atoms with Crippen molar-refractivity contribution in [1.82, 2.24) is 16.1 Å². The van der Waals surface area contributed by atoms with E-state index in [1.54, 1.807) is 5.48 Å². The predicted octanol–water partition coefficient (Wildman–Crippen LogP) is -1.60. The fourth-order valence-corrected chi connectivity index (χ4v) is 1.37. The standard InChI is InChI=1S/C9H12N4O7/c1-4(12-19-3)9(20-13-8(17)18-2)5(14)10-7(16)11-6(9)15/h1-3H3,(H,13,17)(H2,10,11,14,15,16)/b12-4+. The van der Waals surface area contributed by atoms with Gasteiger partial charge >= 0.3 is 12.1 Å². The lowest BCUT2D eigenvalue weighted by Gasteiger charge is -2.31. The van der Waals surface area contributed by atoms with Crippen molar-refractivity contribution in [2.45, 2.75) is 12.5 Å². The van der Waals surface area contributed by atoms with Gasteiger partial charge in [0.15, 0.2) is 0 Å². The third kappa shape index (κ3) is 2.66. The molecule has 1 rings (SSSR count). The van der Waals surface area contributed by atoms with Crippen LogP contribution in [0, 0.1) is 0 Å². The second kappa shape index (κ2) is 5.97. The summed E-state index contributed by atoms with van der Waals surface area (Å²) in [6.07, 6.45) is -1.06. The average molecular weight is 288 g/mol. The minimum atomic E-state index is -2.39. The van der Waals surface area contributed by atoms with Crippen LogP contribution >= 0.6 is 0 Å². The molecule has 0 radical (unpaired) electrons. The van der Waals surface area contributed by atoms with E-state index in [9.17, 15) is 19.2 Å². The van der Waals surface area contributed by atoms with Gasteiger partial charge in [-0.15, -0.1) is 0 Å². The second-order valence-electron chi connectivity index (χ2n) is 3.47. The van der Waals surface area contributed by atoms with E-state index >= 15 is 0 Å². The third-order valence-corrected chi connectivity index (χ3v) is 2.30. The first kappa shape index (κ1) is 15.4. The summed E-state index contributed by atoms with van der Waals surface area (Å²) < 4.78 is 4.24. The maximum Gasteiger partial charge on any atom is 0.431 e. The fraction of sp³-hybridized carbons (Fsp3) is 0.444. The number of hydrogen-bond donors (Lipinski definition) is 3. The number of nitrogens with zero attached hydrogens (tertiary/aromatic N) is 1. The molecule has 3 N–H and O–H groups in total. The molecule has 0 bridgehead atoms. The number of ether oxygens (including phenoxy) is 1. The number of amides is 5. The summed E-state index contributed by atoms with van der Waals surface area (Å²) in [6.45, 7) is 1.23. The van der Waals surface area contributed by atoms with E-state index in [1.807, 2.05) is 10.6 Å². The number of barbiturate groups is 1. The Labute approximate surface area is 112 Å². The molecule has 20 heavy (non-hydrogen) atoms. The summed E-state index contributed by atoms with van der Waals surface area (Å²) in [7, 11) is 2.22. The molecule has 0 aromatic carbocycles. The molecule has 1 aliphatic rings. The van der Waals surface area contributed by atoms with Gasteiger partial charge in [-0.1, -0.05) is 5.16 Å². The van der Waals surface area contributed by atoms with Crippen LogP contribution in [0.3, 0.4) is 0 Å². The summed E-state index contributed by atoms with van der Waals surface area (Å²) in [5.74, 6) is -2.28. The van der Waals surface area contributed by atoms with Gasteiger partial charge in [0, 0.05) is 0 Å². The van der Waals surface area contributed by atoms with Gasteiger partial charge in [-0.3, -0.25) is 20.2 Å². The first-order chi connectivity index (χ1) is 9.38. The molecule has 11 nitrogen and oxygen atoms in total. The molecule has 0 aromatic heterocycles. The van der Waals surface area contributed by atoms with E-state index in [1.165, 1.54) is 14.0 Å². The SMILES string of the molecule is CO/N=C(\C)C1(ONC(=O)OC)C(=O)NC(=O)NC1=O. The van der Waals surface area contributed by atoms with Crippen molar-refractivity contribution in [3.05, 3.63) is 0 Å². The number of hydrogen-bond acceptors (Lipinski definition) is 8. The number of carbonyl (C=O) groups is 4. The molecular weight excluding hydrogens is 276 g/mol. The summed E-state index contributed by atoms with van der Waals surface area (Å²) >= 11 is 0. The van der Waals surface area contributed by atoms with Crippen molar-refractivity contribution < 1.29 is 33.6 Å². The number of urea groups is 1. The summed E-state index contributed by atoms with van der Waals surface area (Å²) in [5.41, 5.74) is -0.914. The van der Waals surface area contributed by atoms with Crippen molar-refractivity contribution >= 4 is 29.7 Å². The zero-order valence-electron chi connectivity index (χ0n) is 10.8. The van der Waals surface area contributed by atoms with E-state index in [-0.39, 0.29) is 5.71 Å². The average Bonchev–Trinajstić information content (AvgIpc) is 2.37. The Morgan fingerprint density at radius 1 is 1.20 bits per heavy atom. The maximum atomic E-state index is 11.9. The lowest BCUT2D eigenvalue weighted by Crippen LogP contribution is -2.72. The van der Waals surface area contributed by atoms with Crippen molar-refractivity contribution in [2.75, 3.05) is 14.2 Å². The zero-order chi connectivity index (χ0) is 15.3. The molecule has 5 amide bonds. The Morgan fingerprint density at radius 3 is 2.20 bits per heavy atom. The van der Waals surface area contributed by atoms with E-state index in [0.717, 1.165) is 7.11 Å². The second-order valence-corrected chi connectivity index (χ2v) is 3.47. The summed E-state index contributed by atoms with van der Waals surface area (Å²) in [6, 6.07) is -1.03. The quantitative estimate of drug-likeness (QED) is 0.321. The number of imide groups is 2. The van der Waals surface area contributed by atoms with Crippen molar-refractivity contribution in [2.24, 2.45) is 5.16 Å². The molecule has 11 heteroatoms. The molecule has 110 valence electrons. The number of methoxy groups -OCH3 is 1. The van der Waals surface area contributed by atoms with Gasteiger partial charge in [-0.05, 0) is 6.92 Å². The Kier molecular flexibility index (Phi) is 4.59. The molecule has 1 fully saturated rings. The summed E-state index contributed by atoms with van der Waals surface area (Å²) in [4.78, 5) is 55.1. The van der Waals surface area contributed by atoms with Crippen molar-refractivity contribution in [3.8, 4) is 0 Å². The van der Waals surface area contributed by atoms with Gasteiger partial charge in [0.05, 0.1) is 7.11 Å². The maximum absolute atomic E-state index is 11.9. The molecule has 1 aliphatic heterocycles. The van der Waals surface area contributed by atoms with Crippen LogP contribution in [0.2, 0.25) is 0 Å². The van der Waals surface area contributed by atoms with Gasteiger partial charge < -0.3 is 9.57 Å². The van der Waals surface area contributed by atoms with Gasteiger partial charge in [0.1, 0.15) is 12.8 Å². The molecule has 1 heterocycles. The van der Waals surface area contributed by atoms with Crippen LogP contribution in [0.4, 0.5) is 9.59 Å². The van der Waals surface area contributed by atoms with E-state index in [4.69, 9.17) is 4.84 Å². The Hall–Kier alpha value is -2.69. The molecule has 0 aliphatic carbocycles. The minimum absolute atomic E-state index is 0.251. The number of nitrogens with one attached hydrogen (secondary N) is 3. The van der Waals surface area contributed by atoms with Crippen LogP contribution in [-0.2, 0) is 24.0 Å². The zero-order valence-corrected chi connectivity index (χ0v) is 10.8. The molecular formula is C9H12N4O7. The topological polar surface area (TPSA) is 144 Å². The number of carbonyl (C=O) groups excluding carboxylic acids is 4. The van der Waals surface area contributed by atoms with Crippen LogP contribution < -0.4 is 16.1 Å². The van der Waals surface area contributed by atoms with Gasteiger partial charge in [0.25, 0.3) is 17.4 Å². The molecule has 0 saturated carbocycles. The molecule has 0 aromatic rings. The highest BCUT2D eigenvalue weighted by Crippen LogP contribution is 2.17. The Balaban J connectivity index is 3.16. The number of rotatable bonds is 4. The van der Waals surface area contributed by atoms with Crippen molar-refractivity contribution in [1.29, 1.82) is 0 Å². The smallest absolute Gasteiger partial charge is 0.431 e. The lowest BCUT2D eigenvalue weighted by atomic mass is 9.94. The summed E-state index contributed by atoms with van der Waals surface area (Å²) in [5, 5.41) is 7.05. The molecule has 0 unspecified atom stereocenters. The van der Waals surface area contributed by atoms with Gasteiger partial charge in [-0.25, -0.2) is 14.4 Å². The van der Waals surface area contributed by atoms with Crippen LogP contribution in [0.1, 0.15) is 6.92 Å². The van der Waals surface area contributed by atoms with Gasteiger partial charge in [0.2, 0.25) is 0 Å². The van der Waals surface area contributed by atoms with E-state index in [2.05, 4.69) is 14.7 Å². The lowest BCUT2D eigenvalue weighted by molar-refractivity contribution is -0.159. The monoisotopic (exact) mass is 288 g/mol. The van der Waals surface area contributed by atoms with Crippen LogP contribution in [0.25, 0.3) is 0 Å². The van der Waals surface area contributed by atoms with Crippen LogP contribution in [0.5, 0.6) is 0 Å². The van der Waals surface area contributed by atoms with Crippen molar-refractivity contribution in [3.63, 3.8) is 0 Å². The van der Waals surface area contributed by atoms with Gasteiger partial charge in [-0.2, -0.15) is 5.48 Å². The highest BCUT2D eigenvalue weighted by Gasteiger charge is 2.56. The first-order valence-electron chi connectivity index (χ1n) is 5.15. The third-order valence-electron chi connectivity index (χ3n) is 2.30. The van der Waals surface area contributed by atoms with Crippen LogP contribution in [0.15, 0.2) is 5.16 Å². The van der Waals surface area contributed by atoms with E-state index in [0.29, 0.717) is 0 Å². The Bertz CT molecular complexity index is 467. The molecule has 1 saturated heterocycles. The highest BCUT2D eigenvalue weighted by molar-refractivity contribution is 6.34. The minimum Gasteiger partial charge on any atom is -0.451 e. The fourth-order valence-electron chi connectivity index (χ4n) is 1.37. The Morgan fingerprint density at radius 2 is 1.75 bits per heavy atom. The highest BCUT2D eigenvalue weighted by atomic mass is 16.7. The molecule has 0 spiro atoms. The predicted molar refractivity (Wildman–Crippen MR) is 61.2 cm³/mol.